The Bertz CT molecular complexity index is 1900. The number of piperidine rings is 1. The maximum Gasteiger partial charge on any atom is 0.313 e. The number of carbonyl (C=O) groups is 5. The Labute approximate surface area is 370 Å². The highest BCUT2D eigenvalue weighted by Gasteiger charge is 2.40. The summed E-state index contributed by atoms with van der Waals surface area (Å²) >= 11 is 1.18. The molecule has 15 nitrogen and oxygen atoms in total. The van der Waals surface area contributed by atoms with Crippen molar-refractivity contribution in [1.29, 1.82) is 0 Å². The van der Waals surface area contributed by atoms with E-state index in [0.29, 0.717) is 35.9 Å². The van der Waals surface area contributed by atoms with Crippen LogP contribution in [0, 0.1) is 27.9 Å². The van der Waals surface area contributed by atoms with Gasteiger partial charge in [0, 0.05) is 49.5 Å². The molecular formula is C46H68N6O9S. The van der Waals surface area contributed by atoms with Gasteiger partial charge in [0.2, 0.25) is 11.8 Å². The average Bonchev–Trinajstić information content (AvgIpc) is 3.60. The molecule has 1 saturated heterocycles. The van der Waals surface area contributed by atoms with Crippen molar-refractivity contribution in [2.45, 2.75) is 168 Å². The minimum Gasteiger partial charge on any atom is -0.462 e. The van der Waals surface area contributed by atoms with Crippen molar-refractivity contribution in [2.75, 3.05) is 20.1 Å². The summed E-state index contributed by atoms with van der Waals surface area (Å²) in [5.41, 5.74) is 1.28. The Morgan fingerprint density at radius 1 is 1.05 bits per heavy atom. The normalized spacial score (nSPS) is 22.9. The molecule has 2 aliphatic carbocycles. The molecule has 342 valence electrons. The van der Waals surface area contributed by atoms with E-state index >= 15 is 0 Å². The molecule has 2 heterocycles. The van der Waals surface area contributed by atoms with Crippen LogP contribution in [0.3, 0.4) is 0 Å². The van der Waals surface area contributed by atoms with Crippen LogP contribution >= 0.6 is 11.3 Å². The van der Waals surface area contributed by atoms with E-state index in [0.717, 1.165) is 63.5 Å². The summed E-state index contributed by atoms with van der Waals surface area (Å²) in [5.74, 6) is -2.39. The van der Waals surface area contributed by atoms with Crippen molar-refractivity contribution in [2.24, 2.45) is 17.8 Å². The Morgan fingerprint density at radius 3 is 2.39 bits per heavy atom. The van der Waals surface area contributed by atoms with Crippen LogP contribution in [0.15, 0.2) is 23.6 Å². The molecule has 1 aromatic heterocycles. The number of thiazole rings is 1. The van der Waals surface area contributed by atoms with Gasteiger partial charge in [0.05, 0.1) is 16.9 Å². The number of carbonyl (C=O) groups excluding carboxylic acids is 5. The lowest BCUT2D eigenvalue weighted by atomic mass is 9.79. The number of nitrogens with one attached hydrogen (secondary N) is 2. The zero-order valence-corrected chi connectivity index (χ0v) is 38.7. The Balaban J connectivity index is 1.33. The van der Waals surface area contributed by atoms with Gasteiger partial charge in [-0.3, -0.25) is 39.0 Å². The molecule has 3 amide bonds. The predicted molar refractivity (Wildman–Crippen MR) is 236 cm³/mol. The smallest absolute Gasteiger partial charge is 0.313 e. The summed E-state index contributed by atoms with van der Waals surface area (Å²) in [5, 5.41) is 19.9. The number of nitrogens with zero attached hydrogens (tertiary/aromatic N) is 4. The van der Waals surface area contributed by atoms with Crippen molar-refractivity contribution < 1.29 is 38.4 Å². The number of rotatable bonds is 17. The number of fused-ring (bicyclic) bond motifs is 1. The molecule has 5 rings (SSSR count). The first-order chi connectivity index (χ1) is 29.5. The third kappa shape index (κ3) is 12.4. The lowest BCUT2D eigenvalue weighted by molar-refractivity contribution is -0.385. The highest BCUT2D eigenvalue weighted by molar-refractivity contribution is 7.09. The Morgan fingerprint density at radius 2 is 1.76 bits per heavy atom. The van der Waals surface area contributed by atoms with Crippen LogP contribution in [0.4, 0.5) is 5.69 Å². The second-order valence-corrected chi connectivity index (χ2v) is 19.1. The van der Waals surface area contributed by atoms with E-state index in [4.69, 9.17) is 9.47 Å². The van der Waals surface area contributed by atoms with E-state index in [9.17, 15) is 34.1 Å². The second kappa shape index (κ2) is 22.3. The van der Waals surface area contributed by atoms with Crippen LogP contribution in [-0.2, 0) is 35.1 Å². The minimum absolute atomic E-state index is 0.0730. The first kappa shape index (κ1) is 48.6. The van der Waals surface area contributed by atoms with Gasteiger partial charge in [0.25, 0.3) is 11.6 Å². The molecule has 16 heteroatoms. The van der Waals surface area contributed by atoms with Crippen LogP contribution < -0.4 is 10.6 Å². The number of aromatic nitrogens is 1. The van der Waals surface area contributed by atoms with Crippen molar-refractivity contribution in [3.8, 4) is 0 Å². The number of ether oxygens (including phenoxy) is 2. The number of likely N-dealkylation sites (N-methyl/N-ethyl adjacent to an activating group) is 2. The molecule has 1 aromatic carbocycles. The summed E-state index contributed by atoms with van der Waals surface area (Å²) in [7, 11) is 1.95. The van der Waals surface area contributed by atoms with Gasteiger partial charge in [0.1, 0.15) is 22.8 Å². The van der Waals surface area contributed by atoms with Crippen molar-refractivity contribution in [3.05, 3.63) is 55.5 Å². The zero-order chi connectivity index (χ0) is 45.2. The van der Waals surface area contributed by atoms with Crippen molar-refractivity contribution >= 4 is 46.7 Å². The van der Waals surface area contributed by atoms with Crippen LogP contribution in [-0.4, -0.2) is 99.8 Å². The SMILES string of the molecule is CC[C@H](C)[C@H](NC(=O)[C@H]1C[C@H](C)CCN1C)C(=O)N(CC)[C@H](C[C@@H](OC(C)=O)c1nc(C(=O)NC2Cc3ccc([N+](=O)[O-])cc3[C@H](C(=O)OC3CCCCCC3)C2)cs1)C(C)C. The number of esters is 2. The summed E-state index contributed by atoms with van der Waals surface area (Å²) in [6, 6.07) is 2.54. The molecule has 62 heavy (non-hydrogen) atoms. The lowest BCUT2D eigenvalue weighted by Gasteiger charge is -2.40. The number of nitro groups is 1. The van der Waals surface area contributed by atoms with E-state index in [-0.39, 0.29) is 60.0 Å². The van der Waals surface area contributed by atoms with Crippen LogP contribution in [0.5, 0.6) is 0 Å². The van der Waals surface area contributed by atoms with Gasteiger partial charge >= 0.3 is 11.9 Å². The standard InChI is InChI=1S/C46H68N6O9S/c1-9-29(6)41(49-43(55)39-21-28(5)19-20-50(39)8)45(56)51(10-2)38(27(3)4)25-40(60-30(7)53)44-48-37(26-62-44)42(54)47-32-22-31-17-18-33(52(58)59)24-35(31)36(23-32)46(57)61-34-15-13-11-12-14-16-34/h17-18,24,26-29,32,34,36,38-41H,9-16,19-23,25H2,1-8H3,(H,47,54)(H,49,55)/t28-,29+,32?,36-,38-,39-,40-,41+/m1/s1. The Hall–Kier alpha value is -4.44. The quantitative estimate of drug-likeness (QED) is 0.0703. The summed E-state index contributed by atoms with van der Waals surface area (Å²) in [4.78, 5) is 88.2. The topological polar surface area (TPSA) is 190 Å². The molecule has 2 aromatic rings. The van der Waals surface area contributed by atoms with Gasteiger partial charge in [-0.1, -0.05) is 59.9 Å². The largest absolute Gasteiger partial charge is 0.462 e. The van der Waals surface area contributed by atoms with Crippen molar-refractivity contribution in [1.82, 2.24) is 25.4 Å². The molecule has 8 atom stereocenters. The number of likely N-dealkylation sites (tertiary alicyclic amines) is 1. The predicted octanol–water partition coefficient (Wildman–Crippen LogP) is 7.27. The fraction of sp³-hybridized carbons (Fsp3) is 0.696. The molecule has 3 aliphatic rings. The van der Waals surface area contributed by atoms with Gasteiger partial charge < -0.3 is 25.0 Å². The maximum absolute atomic E-state index is 14.6. The third-order valence-corrected chi connectivity index (χ3v) is 14.1. The molecule has 2 N–H and O–H groups in total. The molecule has 0 bridgehead atoms. The first-order valence-electron chi connectivity index (χ1n) is 22.7. The van der Waals surface area contributed by atoms with Crippen LogP contribution in [0.2, 0.25) is 0 Å². The monoisotopic (exact) mass is 880 g/mol. The van der Waals surface area contributed by atoms with Crippen molar-refractivity contribution in [3.63, 3.8) is 0 Å². The summed E-state index contributed by atoms with van der Waals surface area (Å²) in [6.45, 7) is 14.5. The molecule has 0 spiro atoms. The fourth-order valence-corrected chi connectivity index (χ4v) is 10.2. The maximum atomic E-state index is 14.6. The second-order valence-electron chi connectivity index (χ2n) is 18.2. The van der Waals surface area contributed by atoms with E-state index in [1.165, 1.54) is 30.4 Å². The van der Waals surface area contributed by atoms with E-state index in [1.807, 2.05) is 41.7 Å². The Kier molecular flexibility index (Phi) is 17.4. The molecule has 1 saturated carbocycles. The van der Waals surface area contributed by atoms with Crippen LogP contribution in [0.25, 0.3) is 0 Å². The highest BCUT2D eigenvalue weighted by Crippen LogP contribution is 2.37. The van der Waals surface area contributed by atoms with E-state index in [1.54, 1.807) is 16.3 Å². The average molecular weight is 881 g/mol. The van der Waals surface area contributed by atoms with Gasteiger partial charge in [-0.25, -0.2) is 4.98 Å². The zero-order valence-electron chi connectivity index (χ0n) is 37.9. The molecule has 1 aliphatic heterocycles. The van der Waals surface area contributed by atoms with E-state index in [2.05, 4.69) is 27.4 Å². The van der Waals surface area contributed by atoms with Crippen LogP contribution in [0.1, 0.15) is 158 Å². The van der Waals surface area contributed by atoms with Gasteiger partial charge in [-0.15, -0.1) is 11.3 Å². The number of non-ortho nitro benzene ring substituents is 1. The first-order valence-corrected chi connectivity index (χ1v) is 23.6. The summed E-state index contributed by atoms with van der Waals surface area (Å²) < 4.78 is 11.9. The van der Waals surface area contributed by atoms with Gasteiger partial charge in [0.15, 0.2) is 6.10 Å². The number of hydrogen-bond acceptors (Lipinski definition) is 12. The number of hydrogen-bond donors (Lipinski definition) is 2. The fourth-order valence-electron chi connectivity index (χ4n) is 9.31. The third-order valence-electron chi connectivity index (χ3n) is 13.2. The minimum atomic E-state index is -0.872. The molecule has 1 unspecified atom stereocenters. The van der Waals surface area contributed by atoms with E-state index < -0.39 is 52.9 Å². The molecule has 0 radical (unpaired) electrons. The van der Waals surface area contributed by atoms with Gasteiger partial charge in [-0.05, 0) is 101 Å². The molecule has 2 fully saturated rings. The number of amides is 3. The lowest BCUT2D eigenvalue weighted by Crippen LogP contribution is -2.59. The molecular weight excluding hydrogens is 813 g/mol. The summed E-state index contributed by atoms with van der Waals surface area (Å²) in [6.07, 6.45) is 7.79. The highest BCUT2D eigenvalue weighted by atomic mass is 32.1. The number of nitro benzene ring substituents is 1. The van der Waals surface area contributed by atoms with Gasteiger partial charge in [-0.2, -0.15) is 0 Å². The number of benzene rings is 1.